The van der Waals surface area contributed by atoms with Crippen LogP contribution in [0.15, 0.2) is 12.1 Å². The van der Waals surface area contributed by atoms with E-state index in [0.29, 0.717) is 22.8 Å². The molecule has 1 heterocycles. The number of halogens is 2. The molecule has 4 heteroatoms. The Morgan fingerprint density at radius 1 is 1.27 bits per heavy atom. The van der Waals surface area contributed by atoms with Crippen LogP contribution in [0, 0.1) is 5.92 Å². The highest BCUT2D eigenvalue weighted by Crippen LogP contribution is 2.18. The minimum Gasteiger partial charge on any atom is -0.373 e. The maximum Gasteiger partial charge on any atom is 0.136 e. The van der Waals surface area contributed by atoms with E-state index in [1.165, 1.54) is 0 Å². The molecule has 0 saturated carbocycles. The van der Waals surface area contributed by atoms with Crippen LogP contribution in [-0.2, 0) is 11.3 Å². The molecule has 1 aromatic rings. The fraction of sp³-hybridized carbons (Fsp3) is 0.545. The predicted octanol–water partition coefficient (Wildman–Crippen LogP) is 3.95. The van der Waals surface area contributed by atoms with E-state index in [-0.39, 0.29) is 6.10 Å². The summed E-state index contributed by atoms with van der Waals surface area (Å²) < 4.78 is 5.64. The highest BCUT2D eigenvalue weighted by Gasteiger charge is 2.09. The molecule has 0 fully saturated rings. The van der Waals surface area contributed by atoms with Gasteiger partial charge in [0, 0.05) is 5.56 Å². The number of nitrogens with zero attached hydrogens (tertiary/aromatic N) is 1. The van der Waals surface area contributed by atoms with Gasteiger partial charge in [0.25, 0.3) is 0 Å². The van der Waals surface area contributed by atoms with Gasteiger partial charge in [-0.3, -0.25) is 0 Å². The van der Waals surface area contributed by atoms with Crippen molar-refractivity contribution in [2.75, 3.05) is 0 Å². The van der Waals surface area contributed by atoms with E-state index in [4.69, 9.17) is 27.9 Å². The Balaban J connectivity index is 2.58. The van der Waals surface area contributed by atoms with Crippen LogP contribution in [0.3, 0.4) is 0 Å². The van der Waals surface area contributed by atoms with E-state index < -0.39 is 0 Å². The Labute approximate surface area is 101 Å². The van der Waals surface area contributed by atoms with Gasteiger partial charge >= 0.3 is 0 Å². The fourth-order valence-corrected chi connectivity index (χ4v) is 1.36. The standard InChI is InChI=1S/C11H15Cl2NO/c1-7(2)8(3)15-6-9-4-5-10(12)14-11(9)13/h4-5,7-8H,6H2,1-3H3. The summed E-state index contributed by atoms with van der Waals surface area (Å²) in [5, 5.41) is 0.819. The normalized spacial score (nSPS) is 13.2. The molecule has 0 amide bonds. The first kappa shape index (κ1) is 12.8. The molecule has 1 rings (SSSR count). The van der Waals surface area contributed by atoms with E-state index in [1.807, 2.05) is 13.0 Å². The molecule has 84 valence electrons. The number of hydrogen-bond acceptors (Lipinski definition) is 2. The average Bonchev–Trinajstić information content (AvgIpc) is 2.15. The summed E-state index contributed by atoms with van der Waals surface area (Å²) in [6.07, 6.45) is 0.205. The van der Waals surface area contributed by atoms with Gasteiger partial charge < -0.3 is 4.74 Å². The molecule has 0 aliphatic carbocycles. The van der Waals surface area contributed by atoms with E-state index in [1.54, 1.807) is 6.07 Å². The van der Waals surface area contributed by atoms with E-state index in [2.05, 4.69) is 18.8 Å². The second-order valence-electron chi connectivity index (χ2n) is 3.84. The third-order valence-electron chi connectivity index (χ3n) is 2.33. The van der Waals surface area contributed by atoms with Crippen molar-refractivity contribution in [3.05, 3.63) is 28.0 Å². The predicted molar refractivity (Wildman–Crippen MR) is 63.3 cm³/mol. The zero-order chi connectivity index (χ0) is 11.4. The lowest BCUT2D eigenvalue weighted by atomic mass is 10.1. The summed E-state index contributed by atoms with van der Waals surface area (Å²) in [4.78, 5) is 3.95. The van der Waals surface area contributed by atoms with Gasteiger partial charge in [-0.25, -0.2) is 4.98 Å². The first-order valence-electron chi connectivity index (χ1n) is 4.93. The Hall–Kier alpha value is -0.310. The summed E-state index contributed by atoms with van der Waals surface area (Å²) in [5.74, 6) is 0.490. The van der Waals surface area contributed by atoms with Crippen molar-refractivity contribution in [3.63, 3.8) is 0 Å². The molecule has 0 N–H and O–H groups in total. The van der Waals surface area contributed by atoms with Crippen molar-refractivity contribution in [3.8, 4) is 0 Å². The average molecular weight is 248 g/mol. The summed E-state index contributed by atoms with van der Waals surface area (Å²) in [6, 6.07) is 3.55. The first-order chi connectivity index (χ1) is 7.00. The van der Waals surface area contributed by atoms with Gasteiger partial charge in [-0.2, -0.15) is 0 Å². The van der Waals surface area contributed by atoms with E-state index in [0.717, 1.165) is 5.56 Å². The van der Waals surface area contributed by atoms with E-state index >= 15 is 0 Å². The molecule has 0 aromatic carbocycles. The number of ether oxygens (including phenoxy) is 1. The Morgan fingerprint density at radius 2 is 1.93 bits per heavy atom. The van der Waals surface area contributed by atoms with Gasteiger partial charge in [0.1, 0.15) is 10.3 Å². The van der Waals surface area contributed by atoms with Crippen LogP contribution >= 0.6 is 23.2 Å². The maximum absolute atomic E-state index is 5.92. The van der Waals surface area contributed by atoms with Crippen molar-refractivity contribution in [2.24, 2.45) is 5.92 Å². The van der Waals surface area contributed by atoms with Crippen LogP contribution < -0.4 is 0 Å². The smallest absolute Gasteiger partial charge is 0.136 e. The van der Waals surface area contributed by atoms with Crippen LogP contribution in [0.4, 0.5) is 0 Å². The largest absolute Gasteiger partial charge is 0.373 e. The van der Waals surface area contributed by atoms with Crippen LogP contribution in [0.2, 0.25) is 10.3 Å². The Kier molecular flexibility index (Phi) is 4.84. The number of hydrogen-bond donors (Lipinski definition) is 0. The van der Waals surface area contributed by atoms with Gasteiger partial charge in [0.05, 0.1) is 12.7 Å². The second kappa shape index (κ2) is 5.69. The summed E-state index contributed by atoms with van der Waals surface area (Å²) in [7, 11) is 0. The first-order valence-corrected chi connectivity index (χ1v) is 5.69. The maximum atomic E-state index is 5.92. The third kappa shape index (κ3) is 3.98. The molecular weight excluding hydrogens is 233 g/mol. The van der Waals surface area contributed by atoms with Gasteiger partial charge in [0.2, 0.25) is 0 Å². The summed E-state index contributed by atoms with van der Waals surface area (Å²) in [5.41, 5.74) is 0.869. The lowest BCUT2D eigenvalue weighted by Gasteiger charge is -2.16. The van der Waals surface area contributed by atoms with Gasteiger partial charge in [-0.05, 0) is 18.9 Å². The van der Waals surface area contributed by atoms with Gasteiger partial charge in [0.15, 0.2) is 0 Å². The van der Waals surface area contributed by atoms with Crippen molar-refractivity contribution in [2.45, 2.75) is 33.5 Å². The molecule has 2 nitrogen and oxygen atoms in total. The molecule has 15 heavy (non-hydrogen) atoms. The molecule has 1 unspecified atom stereocenters. The van der Waals surface area contributed by atoms with Gasteiger partial charge in [-0.1, -0.05) is 43.1 Å². The SMILES string of the molecule is CC(C)C(C)OCc1ccc(Cl)nc1Cl. The van der Waals surface area contributed by atoms with E-state index in [9.17, 15) is 0 Å². The molecule has 1 atom stereocenters. The molecule has 0 aliphatic heterocycles. The molecular formula is C11H15Cl2NO. The van der Waals surface area contributed by atoms with Crippen molar-refractivity contribution in [1.82, 2.24) is 4.98 Å². The van der Waals surface area contributed by atoms with Crippen molar-refractivity contribution >= 4 is 23.2 Å². The van der Waals surface area contributed by atoms with Crippen LogP contribution in [-0.4, -0.2) is 11.1 Å². The molecule has 0 bridgehead atoms. The zero-order valence-electron chi connectivity index (χ0n) is 9.13. The second-order valence-corrected chi connectivity index (χ2v) is 4.59. The lowest BCUT2D eigenvalue weighted by Crippen LogP contribution is -2.15. The highest BCUT2D eigenvalue weighted by atomic mass is 35.5. The number of rotatable bonds is 4. The minimum absolute atomic E-state index is 0.205. The highest BCUT2D eigenvalue weighted by molar-refractivity contribution is 6.32. The topological polar surface area (TPSA) is 22.1 Å². The molecule has 1 aromatic heterocycles. The molecule has 0 radical (unpaired) electrons. The summed E-state index contributed by atoms with van der Waals surface area (Å²) >= 11 is 11.6. The van der Waals surface area contributed by atoms with Crippen LogP contribution in [0.25, 0.3) is 0 Å². The Bertz CT molecular complexity index is 328. The lowest BCUT2D eigenvalue weighted by molar-refractivity contribution is 0.0234. The Morgan fingerprint density at radius 3 is 2.47 bits per heavy atom. The quantitative estimate of drug-likeness (QED) is 0.752. The summed E-state index contributed by atoms with van der Waals surface area (Å²) in [6.45, 7) is 6.75. The molecule has 0 saturated heterocycles. The van der Waals surface area contributed by atoms with Crippen LogP contribution in [0.5, 0.6) is 0 Å². The molecule has 0 aliphatic rings. The third-order valence-corrected chi connectivity index (χ3v) is 2.87. The zero-order valence-corrected chi connectivity index (χ0v) is 10.6. The number of pyridine rings is 1. The van der Waals surface area contributed by atoms with Gasteiger partial charge in [-0.15, -0.1) is 0 Å². The van der Waals surface area contributed by atoms with Crippen molar-refractivity contribution in [1.29, 1.82) is 0 Å². The number of aromatic nitrogens is 1. The van der Waals surface area contributed by atoms with Crippen molar-refractivity contribution < 1.29 is 4.74 Å². The minimum atomic E-state index is 0.205. The monoisotopic (exact) mass is 247 g/mol. The molecule has 0 spiro atoms. The fourth-order valence-electron chi connectivity index (χ4n) is 0.962. The van der Waals surface area contributed by atoms with Crippen LogP contribution in [0.1, 0.15) is 26.3 Å².